The first-order valence-electron chi connectivity index (χ1n) is 4.92. The van der Waals surface area contributed by atoms with Gasteiger partial charge in [-0.25, -0.2) is 17.9 Å². The van der Waals surface area contributed by atoms with E-state index in [9.17, 15) is 12.8 Å². The number of primary sulfonamides is 1. The Morgan fingerprint density at radius 1 is 1.39 bits per heavy atom. The summed E-state index contributed by atoms with van der Waals surface area (Å²) in [7, 11) is -3.90. The number of anilines is 1. The van der Waals surface area contributed by atoms with Crippen molar-refractivity contribution < 1.29 is 17.3 Å². The highest BCUT2D eigenvalue weighted by atomic mass is 32.2. The van der Waals surface area contributed by atoms with Crippen molar-refractivity contribution in [1.29, 1.82) is 0 Å². The predicted octanol–water partition coefficient (Wildman–Crippen LogP) is 1.07. The summed E-state index contributed by atoms with van der Waals surface area (Å²) in [6.45, 7) is 0.266. The van der Waals surface area contributed by atoms with E-state index in [1.165, 1.54) is 18.4 Å². The summed E-state index contributed by atoms with van der Waals surface area (Å²) in [5.74, 6) is -0.704. The molecule has 1 heterocycles. The van der Waals surface area contributed by atoms with Gasteiger partial charge in [0, 0.05) is 6.07 Å². The van der Waals surface area contributed by atoms with Crippen LogP contribution in [0.5, 0.6) is 0 Å². The Labute approximate surface area is 103 Å². The molecule has 0 radical (unpaired) electrons. The van der Waals surface area contributed by atoms with Crippen molar-refractivity contribution in [3.05, 3.63) is 42.0 Å². The maximum absolute atomic E-state index is 13.6. The average molecular weight is 271 g/mol. The highest BCUT2D eigenvalue weighted by molar-refractivity contribution is 7.89. The molecule has 0 aliphatic rings. The Morgan fingerprint density at radius 3 is 2.72 bits per heavy atom. The Morgan fingerprint density at radius 2 is 2.17 bits per heavy atom. The van der Waals surface area contributed by atoms with Gasteiger partial charge in [-0.1, -0.05) is 5.16 Å². The van der Waals surface area contributed by atoms with Crippen LogP contribution in [0.3, 0.4) is 0 Å². The van der Waals surface area contributed by atoms with E-state index >= 15 is 0 Å². The highest BCUT2D eigenvalue weighted by Crippen LogP contribution is 2.18. The standard InChI is InChI=1S/C10H10FN3O3S/c11-9-5-8(18(12,15)16)1-2-10(9)13-6-7-3-4-17-14-7/h1-5,13H,6H2,(H2,12,15,16). The van der Waals surface area contributed by atoms with E-state index in [2.05, 4.69) is 15.0 Å². The van der Waals surface area contributed by atoms with Crippen LogP contribution >= 0.6 is 0 Å². The first-order valence-corrected chi connectivity index (χ1v) is 6.47. The number of halogens is 1. The topological polar surface area (TPSA) is 98.2 Å². The largest absolute Gasteiger partial charge is 0.377 e. The van der Waals surface area contributed by atoms with Crippen LogP contribution in [0.4, 0.5) is 10.1 Å². The summed E-state index contributed by atoms with van der Waals surface area (Å²) in [5, 5.41) is 11.3. The van der Waals surface area contributed by atoms with Crippen LogP contribution in [-0.2, 0) is 16.6 Å². The third-order valence-corrected chi connectivity index (χ3v) is 3.13. The van der Waals surface area contributed by atoms with Crippen LogP contribution in [0.1, 0.15) is 5.69 Å². The second-order valence-electron chi connectivity index (χ2n) is 3.53. The summed E-state index contributed by atoms with van der Waals surface area (Å²) in [6, 6.07) is 5.02. The number of aromatic nitrogens is 1. The van der Waals surface area contributed by atoms with E-state index in [0.717, 1.165) is 6.07 Å². The van der Waals surface area contributed by atoms with Gasteiger partial charge in [-0.05, 0) is 18.2 Å². The molecule has 0 spiro atoms. The summed E-state index contributed by atoms with van der Waals surface area (Å²) < 4.78 is 40.2. The van der Waals surface area contributed by atoms with Crippen LogP contribution in [0.15, 0.2) is 39.9 Å². The normalized spacial score (nSPS) is 11.4. The molecule has 0 fully saturated rings. The Hall–Kier alpha value is -1.93. The monoisotopic (exact) mass is 271 g/mol. The SMILES string of the molecule is NS(=O)(=O)c1ccc(NCc2ccon2)c(F)c1. The van der Waals surface area contributed by atoms with Crippen LogP contribution in [-0.4, -0.2) is 13.6 Å². The number of hydrogen-bond donors (Lipinski definition) is 2. The second kappa shape index (κ2) is 4.75. The fourth-order valence-corrected chi connectivity index (χ4v) is 1.86. The third kappa shape index (κ3) is 2.84. The molecule has 0 atom stereocenters. The van der Waals surface area contributed by atoms with Crippen LogP contribution in [0.25, 0.3) is 0 Å². The van der Waals surface area contributed by atoms with Crippen molar-refractivity contribution in [3.63, 3.8) is 0 Å². The van der Waals surface area contributed by atoms with E-state index < -0.39 is 15.8 Å². The molecule has 0 amide bonds. The van der Waals surface area contributed by atoms with E-state index in [4.69, 9.17) is 5.14 Å². The molecule has 0 unspecified atom stereocenters. The van der Waals surface area contributed by atoms with Gasteiger partial charge in [-0.2, -0.15) is 0 Å². The minimum Gasteiger partial charge on any atom is -0.377 e. The molecule has 18 heavy (non-hydrogen) atoms. The molecule has 0 aliphatic heterocycles. The molecule has 1 aromatic heterocycles. The molecule has 2 rings (SSSR count). The van der Waals surface area contributed by atoms with Crippen molar-refractivity contribution >= 4 is 15.7 Å². The number of nitrogens with two attached hydrogens (primary N) is 1. The van der Waals surface area contributed by atoms with Gasteiger partial charge < -0.3 is 9.84 Å². The number of nitrogens with one attached hydrogen (secondary N) is 1. The molecular weight excluding hydrogens is 261 g/mol. The fraction of sp³-hybridized carbons (Fsp3) is 0.100. The van der Waals surface area contributed by atoms with Gasteiger partial charge >= 0.3 is 0 Å². The summed E-state index contributed by atoms with van der Waals surface area (Å²) in [5.41, 5.74) is 0.760. The zero-order valence-corrected chi connectivity index (χ0v) is 9.95. The molecule has 1 aromatic carbocycles. The molecule has 96 valence electrons. The van der Waals surface area contributed by atoms with E-state index in [1.807, 2.05) is 0 Å². The van der Waals surface area contributed by atoms with Crippen molar-refractivity contribution in [1.82, 2.24) is 5.16 Å². The zero-order chi connectivity index (χ0) is 13.2. The van der Waals surface area contributed by atoms with Gasteiger partial charge in [-0.3, -0.25) is 0 Å². The van der Waals surface area contributed by atoms with E-state index in [0.29, 0.717) is 5.69 Å². The molecule has 8 heteroatoms. The Balaban J connectivity index is 2.15. The average Bonchev–Trinajstić information content (AvgIpc) is 2.79. The lowest BCUT2D eigenvalue weighted by Gasteiger charge is -2.06. The van der Waals surface area contributed by atoms with Crippen LogP contribution in [0.2, 0.25) is 0 Å². The second-order valence-corrected chi connectivity index (χ2v) is 5.09. The number of rotatable bonds is 4. The molecule has 3 N–H and O–H groups in total. The van der Waals surface area contributed by atoms with E-state index in [-0.39, 0.29) is 17.1 Å². The molecule has 0 saturated carbocycles. The lowest BCUT2D eigenvalue weighted by Crippen LogP contribution is -2.12. The highest BCUT2D eigenvalue weighted by Gasteiger charge is 2.11. The predicted molar refractivity (Wildman–Crippen MR) is 61.6 cm³/mol. The molecule has 6 nitrogen and oxygen atoms in total. The third-order valence-electron chi connectivity index (χ3n) is 2.22. The molecule has 0 aliphatic carbocycles. The number of hydrogen-bond acceptors (Lipinski definition) is 5. The quantitative estimate of drug-likeness (QED) is 0.866. The van der Waals surface area contributed by atoms with Gasteiger partial charge in [0.1, 0.15) is 17.8 Å². The first-order chi connectivity index (χ1) is 8.47. The van der Waals surface area contributed by atoms with Crippen molar-refractivity contribution in [2.75, 3.05) is 5.32 Å². The summed E-state index contributed by atoms with van der Waals surface area (Å²) in [4.78, 5) is -0.271. The van der Waals surface area contributed by atoms with Gasteiger partial charge in [-0.15, -0.1) is 0 Å². The fourth-order valence-electron chi connectivity index (χ4n) is 1.33. The van der Waals surface area contributed by atoms with Gasteiger partial charge in [0.2, 0.25) is 10.0 Å². The Kier molecular flexibility index (Phi) is 3.30. The van der Waals surface area contributed by atoms with E-state index in [1.54, 1.807) is 6.07 Å². The first kappa shape index (κ1) is 12.5. The lowest BCUT2D eigenvalue weighted by atomic mass is 10.3. The van der Waals surface area contributed by atoms with Crippen LogP contribution < -0.4 is 10.5 Å². The van der Waals surface area contributed by atoms with Crippen LogP contribution in [0, 0.1) is 5.82 Å². The maximum Gasteiger partial charge on any atom is 0.238 e. The zero-order valence-electron chi connectivity index (χ0n) is 9.13. The minimum absolute atomic E-state index is 0.158. The smallest absolute Gasteiger partial charge is 0.238 e. The van der Waals surface area contributed by atoms with Crippen molar-refractivity contribution in [2.24, 2.45) is 5.14 Å². The number of sulfonamides is 1. The molecule has 2 aromatic rings. The molecular formula is C10H10FN3O3S. The molecule has 0 saturated heterocycles. The van der Waals surface area contributed by atoms with Crippen molar-refractivity contribution in [3.8, 4) is 0 Å². The minimum atomic E-state index is -3.90. The van der Waals surface area contributed by atoms with Gasteiger partial charge in [0.25, 0.3) is 0 Å². The number of benzene rings is 1. The van der Waals surface area contributed by atoms with Gasteiger partial charge in [0.05, 0.1) is 17.1 Å². The summed E-state index contributed by atoms with van der Waals surface area (Å²) >= 11 is 0. The Bertz CT molecular complexity index is 640. The number of nitrogens with zero attached hydrogens (tertiary/aromatic N) is 1. The maximum atomic E-state index is 13.6. The van der Waals surface area contributed by atoms with Gasteiger partial charge in [0.15, 0.2) is 0 Å². The molecule has 0 bridgehead atoms. The lowest BCUT2D eigenvalue weighted by molar-refractivity contribution is 0.412. The summed E-state index contributed by atoms with van der Waals surface area (Å²) in [6.07, 6.45) is 1.40. The van der Waals surface area contributed by atoms with Crippen molar-refractivity contribution in [2.45, 2.75) is 11.4 Å².